The molecule has 2 nitrogen and oxygen atoms in total. The molecule has 1 aliphatic heterocycles. The number of hydrogen-bond donors (Lipinski definition) is 1. The lowest BCUT2D eigenvalue weighted by molar-refractivity contribution is 0.211. The molecular formula is C20H28N2. The van der Waals surface area contributed by atoms with E-state index in [-0.39, 0.29) is 0 Å². The molecule has 0 atom stereocenters. The van der Waals surface area contributed by atoms with Crippen LogP contribution in [0.2, 0.25) is 0 Å². The van der Waals surface area contributed by atoms with E-state index >= 15 is 0 Å². The Bertz CT molecular complexity index is 452. The van der Waals surface area contributed by atoms with Crippen molar-refractivity contribution in [2.24, 2.45) is 0 Å². The number of para-hydroxylation sites is 1. The molecule has 2 aromatic carbocycles. The van der Waals surface area contributed by atoms with Crippen LogP contribution in [0.3, 0.4) is 0 Å². The van der Waals surface area contributed by atoms with Crippen molar-refractivity contribution < 1.29 is 0 Å². The molecule has 22 heavy (non-hydrogen) atoms. The van der Waals surface area contributed by atoms with Crippen LogP contribution in [0.1, 0.15) is 32.3 Å². The Balaban J connectivity index is 0.000000847. The fraction of sp³-hybridized carbons (Fsp3) is 0.400. The molecule has 3 rings (SSSR count). The second-order valence-corrected chi connectivity index (χ2v) is 5.55. The molecule has 2 aromatic rings. The lowest BCUT2D eigenvalue weighted by atomic mass is 10.0. The number of benzene rings is 2. The Morgan fingerprint density at radius 2 is 1.41 bits per heavy atom. The lowest BCUT2D eigenvalue weighted by Gasteiger charge is -2.32. The van der Waals surface area contributed by atoms with E-state index in [2.05, 4.69) is 70.9 Å². The fourth-order valence-electron chi connectivity index (χ4n) is 2.85. The maximum Gasteiger partial charge on any atom is 0.0342 e. The Hall–Kier alpha value is -1.80. The maximum absolute atomic E-state index is 3.64. The highest BCUT2D eigenvalue weighted by molar-refractivity contribution is 5.43. The topological polar surface area (TPSA) is 15.3 Å². The van der Waals surface area contributed by atoms with Crippen molar-refractivity contribution >= 4 is 5.69 Å². The molecule has 2 heteroatoms. The van der Waals surface area contributed by atoms with Crippen LogP contribution in [-0.4, -0.2) is 24.0 Å². The van der Waals surface area contributed by atoms with E-state index < -0.39 is 0 Å². The largest absolute Gasteiger partial charge is 0.382 e. The van der Waals surface area contributed by atoms with Crippen molar-refractivity contribution in [2.75, 3.05) is 18.4 Å². The van der Waals surface area contributed by atoms with Gasteiger partial charge in [-0.05, 0) is 30.5 Å². The minimum Gasteiger partial charge on any atom is -0.382 e. The highest BCUT2D eigenvalue weighted by atomic mass is 15.1. The molecule has 1 aliphatic rings. The molecule has 118 valence electrons. The first-order chi connectivity index (χ1) is 10.9. The Labute approximate surface area is 135 Å². The van der Waals surface area contributed by atoms with Crippen LogP contribution in [-0.2, 0) is 6.54 Å². The molecule has 1 heterocycles. The molecule has 0 aliphatic carbocycles. The van der Waals surface area contributed by atoms with Gasteiger partial charge in [0.15, 0.2) is 0 Å². The van der Waals surface area contributed by atoms with Crippen molar-refractivity contribution in [2.45, 2.75) is 39.3 Å². The second-order valence-electron chi connectivity index (χ2n) is 5.55. The normalized spacial score (nSPS) is 15.7. The van der Waals surface area contributed by atoms with Crippen LogP contribution in [0, 0.1) is 0 Å². The van der Waals surface area contributed by atoms with Gasteiger partial charge >= 0.3 is 0 Å². The van der Waals surface area contributed by atoms with Gasteiger partial charge in [-0.15, -0.1) is 0 Å². The Morgan fingerprint density at radius 3 is 2.00 bits per heavy atom. The summed E-state index contributed by atoms with van der Waals surface area (Å²) in [6, 6.07) is 21.9. The van der Waals surface area contributed by atoms with Crippen molar-refractivity contribution in [3.05, 3.63) is 66.2 Å². The van der Waals surface area contributed by atoms with Gasteiger partial charge in [-0.2, -0.15) is 0 Å². The summed E-state index contributed by atoms with van der Waals surface area (Å²) in [6.07, 6.45) is 2.45. The van der Waals surface area contributed by atoms with Gasteiger partial charge in [0.1, 0.15) is 0 Å². The molecule has 0 spiro atoms. The van der Waals surface area contributed by atoms with Crippen LogP contribution in [0.15, 0.2) is 60.7 Å². The third-order valence-corrected chi connectivity index (χ3v) is 3.98. The predicted octanol–water partition coefficient (Wildman–Crippen LogP) is 4.79. The number of nitrogens with zero attached hydrogens (tertiary/aromatic N) is 1. The van der Waals surface area contributed by atoms with Gasteiger partial charge in [-0.1, -0.05) is 62.4 Å². The summed E-state index contributed by atoms with van der Waals surface area (Å²) in [6.45, 7) is 7.44. The number of piperidine rings is 1. The van der Waals surface area contributed by atoms with E-state index in [0.29, 0.717) is 6.04 Å². The minimum absolute atomic E-state index is 0.615. The van der Waals surface area contributed by atoms with Crippen LogP contribution in [0.25, 0.3) is 0 Å². The van der Waals surface area contributed by atoms with Gasteiger partial charge < -0.3 is 5.32 Å². The molecule has 1 saturated heterocycles. The predicted molar refractivity (Wildman–Crippen MR) is 96.2 cm³/mol. The first kappa shape index (κ1) is 16.6. The Kier molecular flexibility index (Phi) is 6.98. The number of nitrogens with one attached hydrogen (secondary N) is 1. The third-order valence-electron chi connectivity index (χ3n) is 3.98. The zero-order chi connectivity index (χ0) is 15.6. The molecule has 0 bridgehead atoms. The standard InChI is InChI=1S/C18H22N2.C2H6/c1-3-7-16(8-4-1)15-20-13-11-18(12-14-20)19-17-9-5-2-6-10-17;1-2/h1-10,18-19H,11-15H2;1-2H3. The van der Waals surface area contributed by atoms with Gasteiger partial charge in [0.25, 0.3) is 0 Å². The van der Waals surface area contributed by atoms with Gasteiger partial charge in [-0.25, -0.2) is 0 Å². The summed E-state index contributed by atoms with van der Waals surface area (Å²) in [5.41, 5.74) is 2.66. The number of anilines is 1. The lowest BCUT2D eigenvalue weighted by Crippen LogP contribution is -2.38. The van der Waals surface area contributed by atoms with Crippen molar-refractivity contribution in [3.8, 4) is 0 Å². The summed E-state index contributed by atoms with van der Waals surface area (Å²) in [5.74, 6) is 0. The summed E-state index contributed by atoms with van der Waals surface area (Å²) in [4.78, 5) is 2.55. The maximum atomic E-state index is 3.64. The molecule has 1 fully saturated rings. The van der Waals surface area contributed by atoms with E-state index in [0.717, 1.165) is 6.54 Å². The van der Waals surface area contributed by atoms with E-state index in [4.69, 9.17) is 0 Å². The summed E-state index contributed by atoms with van der Waals surface area (Å²) >= 11 is 0. The number of rotatable bonds is 4. The molecule has 0 amide bonds. The van der Waals surface area contributed by atoms with Crippen LogP contribution >= 0.6 is 0 Å². The summed E-state index contributed by atoms with van der Waals surface area (Å²) in [7, 11) is 0. The fourth-order valence-corrected chi connectivity index (χ4v) is 2.85. The molecule has 0 unspecified atom stereocenters. The molecule has 0 radical (unpaired) electrons. The average molecular weight is 296 g/mol. The zero-order valence-electron chi connectivity index (χ0n) is 13.8. The van der Waals surface area contributed by atoms with E-state index in [9.17, 15) is 0 Å². The SMILES string of the molecule is CC.c1ccc(CN2CCC(Nc3ccccc3)CC2)cc1. The third kappa shape index (κ3) is 5.19. The summed E-state index contributed by atoms with van der Waals surface area (Å²) < 4.78 is 0. The smallest absolute Gasteiger partial charge is 0.0342 e. The molecule has 1 N–H and O–H groups in total. The van der Waals surface area contributed by atoms with E-state index in [1.54, 1.807) is 0 Å². The van der Waals surface area contributed by atoms with Gasteiger partial charge in [0.2, 0.25) is 0 Å². The van der Waals surface area contributed by atoms with Crippen molar-refractivity contribution in [3.63, 3.8) is 0 Å². The second kappa shape index (κ2) is 9.26. The summed E-state index contributed by atoms with van der Waals surface area (Å²) in [5, 5.41) is 3.64. The quantitative estimate of drug-likeness (QED) is 0.872. The number of likely N-dealkylation sites (tertiary alicyclic amines) is 1. The molecular weight excluding hydrogens is 268 g/mol. The minimum atomic E-state index is 0.615. The highest BCUT2D eigenvalue weighted by Gasteiger charge is 2.18. The van der Waals surface area contributed by atoms with Crippen LogP contribution < -0.4 is 5.32 Å². The highest BCUT2D eigenvalue weighted by Crippen LogP contribution is 2.17. The average Bonchev–Trinajstić information content (AvgIpc) is 2.60. The van der Waals surface area contributed by atoms with Gasteiger partial charge in [-0.3, -0.25) is 4.90 Å². The van der Waals surface area contributed by atoms with Crippen molar-refractivity contribution in [1.29, 1.82) is 0 Å². The first-order valence-corrected chi connectivity index (χ1v) is 8.48. The van der Waals surface area contributed by atoms with Crippen LogP contribution in [0.5, 0.6) is 0 Å². The Morgan fingerprint density at radius 1 is 0.864 bits per heavy atom. The monoisotopic (exact) mass is 296 g/mol. The molecule has 0 saturated carbocycles. The van der Waals surface area contributed by atoms with E-state index in [1.165, 1.54) is 37.2 Å². The van der Waals surface area contributed by atoms with Crippen molar-refractivity contribution in [1.82, 2.24) is 4.90 Å². The zero-order valence-corrected chi connectivity index (χ0v) is 13.8. The molecule has 0 aromatic heterocycles. The van der Waals surface area contributed by atoms with Gasteiger partial charge in [0.05, 0.1) is 0 Å². The van der Waals surface area contributed by atoms with Crippen LogP contribution in [0.4, 0.5) is 5.69 Å². The van der Waals surface area contributed by atoms with Gasteiger partial charge in [0, 0.05) is 31.4 Å². The first-order valence-electron chi connectivity index (χ1n) is 8.48. The number of hydrogen-bond acceptors (Lipinski definition) is 2. The van der Waals surface area contributed by atoms with E-state index in [1.807, 2.05) is 13.8 Å².